The number of fused-ring (bicyclic) bond motifs is 1. The number of sulfone groups is 1. The molecule has 1 saturated heterocycles. The number of nitrogens with one attached hydrogen (secondary N) is 1. The Balaban J connectivity index is 1.61. The molecule has 0 spiro atoms. The molecule has 1 aromatic carbocycles. The molecule has 2 heterocycles. The topological polar surface area (TPSA) is 70.2 Å². The van der Waals surface area contributed by atoms with Gasteiger partial charge in [-0.1, -0.05) is 18.2 Å². The largest absolute Gasteiger partial charge is 0.361 e. The summed E-state index contributed by atoms with van der Waals surface area (Å²) in [6, 6.07) is 8.01. The van der Waals surface area contributed by atoms with Gasteiger partial charge < -0.3 is 9.88 Å². The van der Waals surface area contributed by atoms with Gasteiger partial charge in [-0.3, -0.25) is 4.79 Å². The van der Waals surface area contributed by atoms with E-state index in [1.165, 1.54) is 0 Å². The first kappa shape index (κ1) is 14.1. The van der Waals surface area contributed by atoms with Crippen LogP contribution in [0.25, 0.3) is 10.9 Å². The number of carbonyl (C=O) groups excluding carboxylic acids is 1. The number of aryl methyl sites for hydroxylation is 1. The van der Waals surface area contributed by atoms with Crippen molar-refractivity contribution in [1.29, 1.82) is 0 Å². The summed E-state index contributed by atoms with van der Waals surface area (Å²) in [5.74, 6) is 0.215. The summed E-state index contributed by atoms with van der Waals surface area (Å²) >= 11 is 0. The molecular weight excluding hydrogens is 288 g/mol. The van der Waals surface area contributed by atoms with Crippen molar-refractivity contribution in [2.75, 3.05) is 24.6 Å². The summed E-state index contributed by atoms with van der Waals surface area (Å²) in [6.45, 7) is 0.657. The van der Waals surface area contributed by atoms with Crippen LogP contribution in [0.15, 0.2) is 30.5 Å². The quantitative estimate of drug-likeness (QED) is 0.931. The third-order valence-corrected chi connectivity index (χ3v) is 5.59. The summed E-state index contributed by atoms with van der Waals surface area (Å²) < 4.78 is 22.7. The fourth-order valence-electron chi connectivity index (χ4n) is 2.70. The van der Waals surface area contributed by atoms with Crippen molar-refractivity contribution in [3.8, 4) is 0 Å². The van der Waals surface area contributed by atoms with Crippen LogP contribution in [0.5, 0.6) is 0 Å². The van der Waals surface area contributed by atoms with Crippen LogP contribution >= 0.6 is 0 Å². The van der Waals surface area contributed by atoms with Gasteiger partial charge in [-0.15, -0.1) is 0 Å². The molecule has 5 nitrogen and oxygen atoms in total. The Morgan fingerprint density at radius 1 is 1.19 bits per heavy atom. The Labute approximate surface area is 123 Å². The maximum absolute atomic E-state index is 12.2. The molecule has 0 saturated carbocycles. The zero-order chi connectivity index (χ0) is 14.9. The summed E-state index contributed by atoms with van der Waals surface area (Å²) in [5.41, 5.74) is 2.20. The maximum Gasteiger partial charge on any atom is 0.222 e. The van der Waals surface area contributed by atoms with Gasteiger partial charge >= 0.3 is 0 Å². The highest BCUT2D eigenvalue weighted by molar-refractivity contribution is 7.91. The minimum atomic E-state index is -2.94. The molecule has 0 aliphatic carbocycles. The fourth-order valence-corrected chi connectivity index (χ4v) is 3.90. The highest BCUT2D eigenvalue weighted by Crippen LogP contribution is 2.19. The second kappa shape index (κ2) is 5.52. The standard InChI is InChI=1S/C15H18N2O3S/c18-15(17-7-9-21(19,20)10-8-17)6-5-12-11-16-14-4-2-1-3-13(12)14/h1-4,11,16H,5-10H2. The summed E-state index contributed by atoms with van der Waals surface area (Å²) in [6.07, 6.45) is 3.03. The van der Waals surface area contributed by atoms with E-state index in [0.29, 0.717) is 25.9 Å². The van der Waals surface area contributed by atoms with E-state index in [-0.39, 0.29) is 17.4 Å². The second-order valence-corrected chi connectivity index (χ2v) is 7.70. The van der Waals surface area contributed by atoms with Gasteiger partial charge in [0, 0.05) is 36.6 Å². The Morgan fingerprint density at radius 3 is 2.67 bits per heavy atom. The first-order valence-corrected chi connectivity index (χ1v) is 8.90. The van der Waals surface area contributed by atoms with Crippen molar-refractivity contribution in [2.45, 2.75) is 12.8 Å². The van der Waals surface area contributed by atoms with Crippen LogP contribution in [0, 0.1) is 0 Å². The van der Waals surface area contributed by atoms with Gasteiger partial charge in [0.25, 0.3) is 0 Å². The molecule has 1 aliphatic heterocycles. The predicted octanol–water partition coefficient (Wildman–Crippen LogP) is 1.36. The molecule has 1 amide bonds. The number of nitrogens with zero attached hydrogens (tertiary/aromatic N) is 1. The van der Waals surface area contributed by atoms with Crippen molar-refractivity contribution in [3.05, 3.63) is 36.0 Å². The number of aromatic nitrogens is 1. The number of rotatable bonds is 3. The minimum Gasteiger partial charge on any atom is -0.361 e. The van der Waals surface area contributed by atoms with E-state index < -0.39 is 9.84 Å². The Bertz CT molecular complexity index is 750. The van der Waals surface area contributed by atoms with E-state index in [1.54, 1.807) is 4.90 Å². The van der Waals surface area contributed by atoms with Crippen molar-refractivity contribution in [2.24, 2.45) is 0 Å². The van der Waals surface area contributed by atoms with Crippen LogP contribution in [0.2, 0.25) is 0 Å². The first-order valence-electron chi connectivity index (χ1n) is 7.08. The first-order chi connectivity index (χ1) is 10.1. The lowest BCUT2D eigenvalue weighted by Crippen LogP contribution is -2.43. The molecule has 0 atom stereocenters. The third kappa shape index (κ3) is 3.10. The summed E-state index contributed by atoms with van der Waals surface area (Å²) in [7, 11) is -2.94. The van der Waals surface area contributed by atoms with Gasteiger partial charge in [-0.25, -0.2) is 8.42 Å². The van der Waals surface area contributed by atoms with Crippen LogP contribution in [0.1, 0.15) is 12.0 Å². The Hall–Kier alpha value is -1.82. The highest BCUT2D eigenvalue weighted by atomic mass is 32.2. The third-order valence-electron chi connectivity index (χ3n) is 3.98. The zero-order valence-corrected chi connectivity index (χ0v) is 12.5. The average Bonchev–Trinajstić information content (AvgIpc) is 2.88. The van der Waals surface area contributed by atoms with E-state index in [2.05, 4.69) is 4.98 Å². The number of carbonyl (C=O) groups is 1. The van der Waals surface area contributed by atoms with Crippen molar-refractivity contribution in [3.63, 3.8) is 0 Å². The van der Waals surface area contributed by atoms with E-state index in [9.17, 15) is 13.2 Å². The number of benzene rings is 1. The van der Waals surface area contributed by atoms with Gasteiger partial charge in [0.05, 0.1) is 11.5 Å². The average molecular weight is 306 g/mol. The van der Waals surface area contributed by atoms with Crippen molar-refractivity contribution >= 4 is 26.6 Å². The second-order valence-electron chi connectivity index (χ2n) is 5.39. The number of hydrogen-bond acceptors (Lipinski definition) is 3. The molecule has 1 aliphatic rings. The normalized spacial score (nSPS) is 18.0. The monoisotopic (exact) mass is 306 g/mol. The predicted molar refractivity (Wildman–Crippen MR) is 81.9 cm³/mol. The fraction of sp³-hybridized carbons (Fsp3) is 0.400. The van der Waals surface area contributed by atoms with E-state index in [0.717, 1.165) is 16.5 Å². The van der Waals surface area contributed by atoms with Gasteiger partial charge in [-0.2, -0.15) is 0 Å². The van der Waals surface area contributed by atoms with E-state index in [1.807, 2.05) is 30.5 Å². The highest BCUT2D eigenvalue weighted by Gasteiger charge is 2.24. The molecular formula is C15H18N2O3S. The molecule has 1 aromatic heterocycles. The molecule has 0 unspecified atom stereocenters. The molecule has 112 valence electrons. The maximum atomic E-state index is 12.2. The number of aromatic amines is 1. The molecule has 3 rings (SSSR count). The van der Waals surface area contributed by atoms with Crippen LogP contribution < -0.4 is 0 Å². The van der Waals surface area contributed by atoms with Crippen LogP contribution in [0.3, 0.4) is 0 Å². The number of amides is 1. The Kier molecular flexibility index (Phi) is 3.71. The zero-order valence-electron chi connectivity index (χ0n) is 11.7. The molecule has 6 heteroatoms. The lowest BCUT2D eigenvalue weighted by atomic mass is 10.1. The molecule has 0 radical (unpaired) electrons. The van der Waals surface area contributed by atoms with Gasteiger partial charge in [0.1, 0.15) is 0 Å². The smallest absolute Gasteiger partial charge is 0.222 e. The van der Waals surface area contributed by atoms with E-state index >= 15 is 0 Å². The van der Waals surface area contributed by atoms with Crippen LogP contribution in [0.4, 0.5) is 0 Å². The molecule has 0 bridgehead atoms. The van der Waals surface area contributed by atoms with Gasteiger partial charge in [-0.05, 0) is 18.1 Å². The van der Waals surface area contributed by atoms with Gasteiger partial charge in [0.2, 0.25) is 5.91 Å². The summed E-state index contributed by atoms with van der Waals surface area (Å²) in [5, 5.41) is 1.14. The molecule has 1 N–H and O–H groups in total. The number of para-hydroxylation sites is 1. The van der Waals surface area contributed by atoms with Crippen LogP contribution in [-0.4, -0.2) is 48.8 Å². The Morgan fingerprint density at radius 2 is 1.90 bits per heavy atom. The van der Waals surface area contributed by atoms with Crippen molar-refractivity contribution in [1.82, 2.24) is 9.88 Å². The van der Waals surface area contributed by atoms with E-state index in [4.69, 9.17) is 0 Å². The molecule has 2 aromatic rings. The number of H-pyrrole nitrogens is 1. The van der Waals surface area contributed by atoms with Crippen LogP contribution in [-0.2, 0) is 21.1 Å². The van der Waals surface area contributed by atoms with Gasteiger partial charge in [0.15, 0.2) is 9.84 Å². The summed E-state index contributed by atoms with van der Waals surface area (Å²) in [4.78, 5) is 17.0. The minimum absolute atomic E-state index is 0.0372. The SMILES string of the molecule is O=C(CCc1c[nH]c2ccccc12)N1CCS(=O)(=O)CC1. The lowest BCUT2D eigenvalue weighted by molar-refractivity contribution is -0.130. The van der Waals surface area contributed by atoms with Crippen molar-refractivity contribution < 1.29 is 13.2 Å². The number of hydrogen-bond donors (Lipinski definition) is 1. The lowest BCUT2D eigenvalue weighted by Gasteiger charge is -2.26. The molecule has 21 heavy (non-hydrogen) atoms. The molecule has 1 fully saturated rings.